The van der Waals surface area contributed by atoms with E-state index in [1.165, 1.54) is 17.7 Å². The Morgan fingerprint density at radius 1 is 1.53 bits per heavy atom. The lowest BCUT2D eigenvalue weighted by molar-refractivity contribution is 0.0422. The van der Waals surface area contributed by atoms with Crippen molar-refractivity contribution in [1.82, 2.24) is 15.5 Å². The van der Waals surface area contributed by atoms with E-state index >= 15 is 0 Å². The first kappa shape index (κ1) is 12.2. The molecule has 102 valence electrons. The molecule has 7 heteroatoms. The van der Waals surface area contributed by atoms with Gasteiger partial charge in [0.15, 0.2) is 6.23 Å². The number of hydrogen-bond acceptors (Lipinski definition) is 5. The maximum atomic E-state index is 12.0. The van der Waals surface area contributed by atoms with Gasteiger partial charge in [0.05, 0.1) is 0 Å². The summed E-state index contributed by atoms with van der Waals surface area (Å²) in [6.45, 7) is 0.0154. The molecule has 1 fully saturated rings. The number of ether oxygens (including phenoxy) is 1. The van der Waals surface area contributed by atoms with Crippen LogP contribution in [-0.4, -0.2) is 35.9 Å². The maximum Gasteiger partial charge on any atom is 0.325 e. The van der Waals surface area contributed by atoms with Crippen LogP contribution < -0.4 is 10.6 Å². The third-order valence-corrected chi connectivity index (χ3v) is 3.31. The zero-order valence-electron chi connectivity index (χ0n) is 10.4. The molecule has 2 heterocycles. The van der Waals surface area contributed by atoms with Crippen LogP contribution in [0.4, 0.5) is 4.79 Å². The number of hydrogen-bond donors (Lipinski definition) is 2. The van der Waals surface area contributed by atoms with Gasteiger partial charge in [-0.3, -0.25) is 10.2 Å². The van der Waals surface area contributed by atoms with Gasteiger partial charge in [0.1, 0.15) is 18.5 Å². The van der Waals surface area contributed by atoms with Crippen LogP contribution in [0.5, 0.6) is 0 Å². The average molecular weight is 264 g/mol. The molecule has 3 rings (SSSR count). The minimum absolute atomic E-state index is 0.0154. The second-order valence-corrected chi connectivity index (χ2v) is 4.88. The van der Waals surface area contributed by atoms with Gasteiger partial charge in [0.25, 0.3) is 0 Å². The van der Waals surface area contributed by atoms with Gasteiger partial charge >= 0.3 is 6.03 Å². The van der Waals surface area contributed by atoms with Crippen molar-refractivity contribution in [2.24, 2.45) is 5.18 Å². The van der Waals surface area contributed by atoms with E-state index < -0.39 is 0 Å². The number of nitroso groups, excluding NO2 is 1. The van der Waals surface area contributed by atoms with Crippen LogP contribution >= 0.6 is 0 Å². The second kappa shape index (κ2) is 5.00. The predicted octanol–water partition coefficient (Wildman–Crippen LogP) is 1.00. The molecule has 2 N–H and O–H groups in total. The minimum atomic E-state index is -0.380. The van der Waals surface area contributed by atoms with Gasteiger partial charge in [-0.15, -0.1) is 0 Å². The molecular weight excluding hydrogens is 248 g/mol. The number of carbonyl (C=O) groups excluding carboxylic acids is 1. The molecule has 7 nitrogen and oxygen atoms in total. The Labute approximate surface area is 110 Å². The first-order valence-corrected chi connectivity index (χ1v) is 6.44. The van der Waals surface area contributed by atoms with Crippen molar-refractivity contribution in [3.63, 3.8) is 0 Å². The summed E-state index contributed by atoms with van der Waals surface area (Å²) in [6.07, 6.45) is 7.85. The van der Waals surface area contributed by atoms with Crippen molar-refractivity contribution in [3.05, 3.63) is 29.0 Å². The molecule has 1 aliphatic carbocycles. The molecule has 0 aromatic rings. The summed E-state index contributed by atoms with van der Waals surface area (Å²) in [7, 11) is 0. The van der Waals surface area contributed by atoms with Gasteiger partial charge in [0, 0.05) is 18.7 Å². The minimum Gasteiger partial charge on any atom is -0.472 e. The van der Waals surface area contributed by atoms with Crippen LogP contribution in [-0.2, 0) is 4.74 Å². The highest BCUT2D eigenvalue weighted by molar-refractivity contribution is 5.77. The molecule has 0 saturated heterocycles. The zero-order valence-corrected chi connectivity index (χ0v) is 10.4. The molecule has 0 spiro atoms. The quantitative estimate of drug-likeness (QED) is 0.726. The highest BCUT2D eigenvalue weighted by atomic mass is 16.5. The van der Waals surface area contributed by atoms with E-state index in [2.05, 4.69) is 15.8 Å². The number of carbonyl (C=O) groups is 1. The van der Waals surface area contributed by atoms with E-state index in [1.54, 1.807) is 12.3 Å². The van der Waals surface area contributed by atoms with E-state index in [1.807, 2.05) is 6.08 Å². The SMILES string of the molecule is O=NCC1=CCC(N2C=CC(NC3CC3)NC2=O)O1. The molecule has 1 saturated carbocycles. The Kier molecular flexibility index (Phi) is 3.20. The Balaban J connectivity index is 1.57. The van der Waals surface area contributed by atoms with Gasteiger partial charge < -0.3 is 10.1 Å². The first-order valence-electron chi connectivity index (χ1n) is 6.44. The lowest BCUT2D eigenvalue weighted by atomic mass is 10.3. The van der Waals surface area contributed by atoms with Crippen molar-refractivity contribution in [3.8, 4) is 0 Å². The molecule has 0 aromatic heterocycles. The third-order valence-electron chi connectivity index (χ3n) is 3.31. The van der Waals surface area contributed by atoms with Crippen molar-refractivity contribution in [2.75, 3.05) is 6.54 Å². The Morgan fingerprint density at radius 3 is 3.05 bits per heavy atom. The van der Waals surface area contributed by atoms with Crippen molar-refractivity contribution < 1.29 is 9.53 Å². The fourth-order valence-electron chi connectivity index (χ4n) is 2.17. The molecular formula is C12H16N4O3. The number of urea groups is 1. The topological polar surface area (TPSA) is 83.0 Å². The highest BCUT2D eigenvalue weighted by Crippen LogP contribution is 2.23. The van der Waals surface area contributed by atoms with Gasteiger partial charge in [-0.2, -0.15) is 4.91 Å². The maximum absolute atomic E-state index is 12.0. The molecule has 2 atom stereocenters. The average Bonchev–Trinajstić information content (AvgIpc) is 3.07. The summed E-state index contributed by atoms with van der Waals surface area (Å²) in [5.41, 5.74) is 0. The molecule has 2 unspecified atom stereocenters. The van der Waals surface area contributed by atoms with Crippen LogP contribution in [0, 0.1) is 4.91 Å². The lowest BCUT2D eigenvalue weighted by Gasteiger charge is -2.31. The van der Waals surface area contributed by atoms with Gasteiger partial charge in [-0.1, -0.05) is 5.18 Å². The van der Waals surface area contributed by atoms with Gasteiger partial charge in [-0.25, -0.2) is 4.79 Å². The monoisotopic (exact) mass is 264 g/mol. The Bertz CT molecular complexity index is 444. The largest absolute Gasteiger partial charge is 0.472 e. The van der Waals surface area contributed by atoms with E-state index in [0.717, 1.165) is 0 Å². The van der Waals surface area contributed by atoms with Crippen LogP contribution in [0.1, 0.15) is 19.3 Å². The van der Waals surface area contributed by atoms with Gasteiger partial charge in [-0.05, 0) is 25.0 Å². The molecule has 0 aromatic carbocycles. The number of nitrogens with zero attached hydrogens (tertiary/aromatic N) is 2. The van der Waals surface area contributed by atoms with Crippen LogP contribution in [0.2, 0.25) is 0 Å². The Hall–Kier alpha value is -1.89. The summed E-state index contributed by atoms with van der Waals surface area (Å²) >= 11 is 0. The van der Waals surface area contributed by atoms with E-state index in [-0.39, 0.29) is 25.0 Å². The summed E-state index contributed by atoms with van der Waals surface area (Å²) in [4.78, 5) is 23.7. The van der Waals surface area contributed by atoms with Crippen LogP contribution in [0.15, 0.2) is 29.3 Å². The first-order chi connectivity index (χ1) is 9.26. The van der Waals surface area contributed by atoms with Crippen LogP contribution in [0.25, 0.3) is 0 Å². The summed E-state index contributed by atoms with van der Waals surface area (Å²) < 4.78 is 5.50. The van der Waals surface area contributed by atoms with Gasteiger partial charge in [0.2, 0.25) is 0 Å². The number of rotatable bonds is 5. The third kappa shape index (κ3) is 2.76. The molecule has 19 heavy (non-hydrogen) atoms. The van der Waals surface area contributed by atoms with Crippen molar-refractivity contribution in [1.29, 1.82) is 0 Å². The smallest absolute Gasteiger partial charge is 0.325 e. The van der Waals surface area contributed by atoms with Crippen LogP contribution in [0.3, 0.4) is 0 Å². The van der Waals surface area contributed by atoms with E-state index in [0.29, 0.717) is 18.2 Å². The molecule has 0 bridgehead atoms. The van der Waals surface area contributed by atoms with Crippen molar-refractivity contribution in [2.45, 2.75) is 37.7 Å². The number of amides is 2. The number of nitrogens with one attached hydrogen (secondary N) is 2. The molecule has 0 radical (unpaired) electrons. The zero-order chi connectivity index (χ0) is 13.2. The predicted molar refractivity (Wildman–Crippen MR) is 67.7 cm³/mol. The van der Waals surface area contributed by atoms with E-state index in [4.69, 9.17) is 4.74 Å². The van der Waals surface area contributed by atoms with E-state index in [9.17, 15) is 9.70 Å². The Morgan fingerprint density at radius 2 is 2.37 bits per heavy atom. The standard InChI is InChI=1S/C12H16N4O3/c17-12-15-10(14-8-1-2-8)5-6-16(12)11-4-3-9(19-11)7-13-18/h3,5-6,8,10-11,14H,1-2,4,7H2,(H,15,17). The summed E-state index contributed by atoms with van der Waals surface area (Å²) in [5, 5.41) is 8.95. The summed E-state index contributed by atoms with van der Waals surface area (Å²) in [6, 6.07) is 0.329. The van der Waals surface area contributed by atoms with Crippen molar-refractivity contribution >= 4 is 6.03 Å². The lowest BCUT2D eigenvalue weighted by Crippen LogP contribution is -2.54. The summed E-state index contributed by atoms with van der Waals surface area (Å²) in [5.74, 6) is 0.527. The fraction of sp³-hybridized carbons (Fsp3) is 0.583. The normalized spacial score (nSPS) is 29.8. The fourth-order valence-corrected chi connectivity index (χ4v) is 2.17. The molecule has 2 aliphatic heterocycles. The molecule has 2 amide bonds. The molecule has 3 aliphatic rings. The second-order valence-electron chi connectivity index (χ2n) is 4.88. The highest BCUT2D eigenvalue weighted by Gasteiger charge is 2.32.